The number of amides is 1. The van der Waals surface area contributed by atoms with Gasteiger partial charge in [-0.15, -0.1) is 0 Å². The molecule has 1 N–H and O–H groups in total. The van der Waals surface area contributed by atoms with E-state index >= 15 is 0 Å². The summed E-state index contributed by atoms with van der Waals surface area (Å²) in [4.78, 5) is 24.9. The Kier molecular flexibility index (Phi) is 5.22. The van der Waals surface area contributed by atoms with E-state index in [0.717, 1.165) is 13.0 Å². The highest BCUT2D eigenvalue weighted by atomic mass is 16.3. The second-order valence-corrected chi connectivity index (χ2v) is 6.94. The first kappa shape index (κ1) is 18.3. The molecule has 0 saturated carbocycles. The minimum Gasteiger partial charge on any atom is -0.386 e. The summed E-state index contributed by atoms with van der Waals surface area (Å²) in [5, 5.41) is 15.4. The fraction of sp³-hybridized carbons (Fsp3) is 0.556. The van der Waals surface area contributed by atoms with Gasteiger partial charge in [-0.2, -0.15) is 5.10 Å². The molecule has 2 aromatic rings. The molecule has 26 heavy (non-hydrogen) atoms. The Morgan fingerprint density at radius 2 is 2.12 bits per heavy atom. The maximum atomic E-state index is 12.8. The number of aryl methyl sites for hydroxylation is 2. The summed E-state index contributed by atoms with van der Waals surface area (Å²) >= 11 is 0. The van der Waals surface area contributed by atoms with Crippen LogP contribution in [0.1, 0.15) is 35.8 Å². The summed E-state index contributed by atoms with van der Waals surface area (Å²) in [5.74, 6) is 0.489. The van der Waals surface area contributed by atoms with Gasteiger partial charge in [0.05, 0.1) is 29.9 Å². The van der Waals surface area contributed by atoms with Crippen molar-refractivity contribution in [2.24, 2.45) is 0 Å². The van der Waals surface area contributed by atoms with Crippen LogP contribution in [0.5, 0.6) is 0 Å². The third kappa shape index (κ3) is 3.85. The molecule has 1 aliphatic rings. The summed E-state index contributed by atoms with van der Waals surface area (Å²) in [6, 6.07) is 1.77. The maximum absolute atomic E-state index is 12.8. The van der Waals surface area contributed by atoms with Gasteiger partial charge in [0, 0.05) is 38.7 Å². The predicted octanol–water partition coefficient (Wildman–Crippen LogP) is 1.10. The monoisotopic (exact) mass is 358 g/mol. The Labute approximate surface area is 153 Å². The molecule has 1 amide bonds. The Bertz CT molecular complexity index is 762. The number of likely N-dealkylation sites (N-methyl/N-ethyl adjacent to an activating group) is 1. The van der Waals surface area contributed by atoms with E-state index in [1.165, 1.54) is 0 Å². The number of carbonyl (C=O) groups excluding carboxylic acids is 1. The second kappa shape index (κ2) is 7.41. The number of hydrogen-bond acceptors (Lipinski definition) is 6. The van der Waals surface area contributed by atoms with Crippen LogP contribution in [0, 0.1) is 6.92 Å². The lowest BCUT2D eigenvalue weighted by Gasteiger charge is -2.41. The third-order valence-electron chi connectivity index (χ3n) is 4.77. The SMILES string of the molecule is CCn1cc(C(=O)N(C)C[C@@]2(O)CCCN(c3ncccn3)C2)c(C)n1. The molecule has 0 unspecified atom stereocenters. The molecule has 2 aromatic heterocycles. The van der Waals surface area contributed by atoms with Gasteiger partial charge in [-0.1, -0.05) is 0 Å². The fourth-order valence-corrected chi connectivity index (χ4v) is 3.48. The van der Waals surface area contributed by atoms with E-state index in [-0.39, 0.29) is 12.5 Å². The van der Waals surface area contributed by atoms with Crippen molar-refractivity contribution in [1.82, 2.24) is 24.6 Å². The van der Waals surface area contributed by atoms with Crippen molar-refractivity contribution in [3.8, 4) is 0 Å². The average molecular weight is 358 g/mol. The van der Waals surface area contributed by atoms with Crippen LogP contribution >= 0.6 is 0 Å². The standard InChI is InChI=1S/C18H26N6O2/c1-4-24-11-15(14(2)21-24)16(25)22(3)12-18(26)7-5-10-23(13-18)17-19-8-6-9-20-17/h6,8-9,11,26H,4-5,7,10,12-13H2,1-3H3/t18-/m0/s1. The molecule has 140 valence electrons. The molecule has 0 aliphatic carbocycles. The van der Waals surface area contributed by atoms with Crippen LogP contribution in [0.4, 0.5) is 5.95 Å². The topological polar surface area (TPSA) is 87.4 Å². The van der Waals surface area contributed by atoms with Crippen molar-refractivity contribution in [3.63, 3.8) is 0 Å². The largest absolute Gasteiger partial charge is 0.386 e. The van der Waals surface area contributed by atoms with Gasteiger partial charge in [-0.05, 0) is 32.8 Å². The molecule has 1 saturated heterocycles. The van der Waals surface area contributed by atoms with E-state index in [0.29, 0.717) is 36.7 Å². The van der Waals surface area contributed by atoms with E-state index in [2.05, 4.69) is 15.1 Å². The van der Waals surface area contributed by atoms with Crippen molar-refractivity contribution >= 4 is 11.9 Å². The number of aromatic nitrogens is 4. The van der Waals surface area contributed by atoms with Crippen molar-refractivity contribution in [1.29, 1.82) is 0 Å². The zero-order valence-corrected chi connectivity index (χ0v) is 15.6. The number of anilines is 1. The van der Waals surface area contributed by atoms with Crippen molar-refractivity contribution < 1.29 is 9.90 Å². The number of piperidine rings is 1. The van der Waals surface area contributed by atoms with E-state index in [4.69, 9.17) is 0 Å². The lowest BCUT2D eigenvalue weighted by molar-refractivity contribution is -0.000321. The molecule has 1 atom stereocenters. The molecule has 1 aliphatic heterocycles. The van der Waals surface area contributed by atoms with Gasteiger partial charge < -0.3 is 14.9 Å². The highest BCUT2D eigenvalue weighted by molar-refractivity contribution is 5.94. The van der Waals surface area contributed by atoms with Gasteiger partial charge in [-0.25, -0.2) is 9.97 Å². The van der Waals surface area contributed by atoms with Crippen LogP contribution < -0.4 is 4.90 Å². The van der Waals surface area contributed by atoms with Gasteiger partial charge in [0.25, 0.3) is 5.91 Å². The summed E-state index contributed by atoms with van der Waals surface area (Å²) in [5.41, 5.74) is 0.298. The van der Waals surface area contributed by atoms with Gasteiger partial charge in [-0.3, -0.25) is 9.48 Å². The first-order valence-corrected chi connectivity index (χ1v) is 8.96. The highest BCUT2D eigenvalue weighted by Crippen LogP contribution is 2.25. The molecular weight excluding hydrogens is 332 g/mol. The number of rotatable bonds is 5. The van der Waals surface area contributed by atoms with Crippen LogP contribution in [0.25, 0.3) is 0 Å². The Morgan fingerprint density at radius 3 is 2.77 bits per heavy atom. The quantitative estimate of drug-likeness (QED) is 0.861. The first-order chi connectivity index (χ1) is 12.4. The minimum absolute atomic E-state index is 0.122. The van der Waals surface area contributed by atoms with Gasteiger partial charge >= 0.3 is 0 Å². The van der Waals surface area contributed by atoms with Crippen LogP contribution in [0.3, 0.4) is 0 Å². The molecule has 3 heterocycles. The number of β-amino-alcohol motifs (C(OH)–C–C–N with tert-alkyl or cyclic N) is 1. The van der Waals surface area contributed by atoms with Crippen LogP contribution in [-0.2, 0) is 6.54 Å². The Hall–Kier alpha value is -2.48. The number of nitrogens with zero attached hydrogens (tertiary/aromatic N) is 6. The highest BCUT2D eigenvalue weighted by Gasteiger charge is 2.36. The smallest absolute Gasteiger partial charge is 0.257 e. The van der Waals surface area contributed by atoms with E-state index in [1.807, 2.05) is 18.7 Å². The zero-order valence-electron chi connectivity index (χ0n) is 15.6. The molecule has 0 radical (unpaired) electrons. The van der Waals surface area contributed by atoms with Gasteiger partial charge in [0.1, 0.15) is 0 Å². The molecule has 3 rings (SSSR count). The number of hydrogen-bond donors (Lipinski definition) is 1. The van der Waals surface area contributed by atoms with Gasteiger partial charge in [0.15, 0.2) is 0 Å². The fourth-order valence-electron chi connectivity index (χ4n) is 3.48. The second-order valence-electron chi connectivity index (χ2n) is 6.94. The van der Waals surface area contributed by atoms with Crippen LogP contribution in [0.2, 0.25) is 0 Å². The first-order valence-electron chi connectivity index (χ1n) is 8.96. The maximum Gasteiger partial charge on any atom is 0.257 e. The van der Waals surface area contributed by atoms with Crippen molar-refractivity contribution in [2.45, 2.75) is 38.8 Å². The number of aliphatic hydroxyl groups is 1. The zero-order chi connectivity index (χ0) is 18.7. The minimum atomic E-state index is -0.990. The summed E-state index contributed by atoms with van der Waals surface area (Å²) < 4.78 is 1.75. The van der Waals surface area contributed by atoms with E-state index in [1.54, 1.807) is 41.3 Å². The van der Waals surface area contributed by atoms with E-state index in [9.17, 15) is 9.90 Å². The third-order valence-corrected chi connectivity index (χ3v) is 4.77. The summed E-state index contributed by atoms with van der Waals surface area (Å²) in [6.07, 6.45) is 6.62. The molecule has 0 aromatic carbocycles. The average Bonchev–Trinajstić information content (AvgIpc) is 3.02. The molecule has 1 fully saturated rings. The molecule has 8 nitrogen and oxygen atoms in total. The van der Waals surface area contributed by atoms with Crippen LogP contribution in [0.15, 0.2) is 24.7 Å². The van der Waals surface area contributed by atoms with E-state index < -0.39 is 5.60 Å². The lowest BCUT2D eigenvalue weighted by Crippen LogP contribution is -2.55. The normalized spacial score (nSPS) is 20.2. The summed E-state index contributed by atoms with van der Waals surface area (Å²) in [6.45, 7) is 5.99. The van der Waals surface area contributed by atoms with Crippen molar-refractivity contribution in [3.05, 3.63) is 35.9 Å². The van der Waals surface area contributed by atoms with Crippen LogP contribution in [-0.4, -0.2) is 67.9 Å². The van der Waals surface area contributed by atoms with Crippen molar-refractivity contribution in [2.75, 3.05) is 31.6 Å². The molecular formula is C18H26N6O2. The lowest BCUT2D eigenvalue weighted by atomic mass is 9.92. The molecule has 8 heteroatoms. The number of carbonyl (C=O) groups is 1. The summed E-state index contributed by atoms with van der Waals surface area (Å²) in [7, 11) is 1.72. The Balaban J connectivity index is 1.70. The van der Waals surface area contributed by atoms with Gasteiger partial charge in [0.2, 0.25) is 5.95 Å². The predicted molar refractivity (Wildman–Crippen MR) is 98.0 cm³/mol. The Morgan fingerprint density at radius 1 is 1.38 bits per heavy atom. The molecule has 0 bridgehead atoms. The molecule has 0 spiro atoms.